The number of carbonyl (C=O) groups excluding carboxylic acids is 3. The van der Waals surface area contributed by atoms with Gasteiger partial charge in [-0.15, -0.1) is 12.4 Å². The lowest BCUT2D eigenvalue weighted by Crippen LogP contribution is -2.50. The molecule has 1 aliphatic rings. The first-order valence-corrected chi connectivity index (χ1v) is 11.1. The number of fused-ring (bicyclic) bond motifs is 1. The lowest BCUT2D eigenvalue weighted by Gasteiger charge is -2.31. The van der Waals surface area contributed by atoms with E-state index in [2.05, 4.69) is 4.98 Å². The van der Waals surface area contributed by atoms with Gasteiger partial charge in [-0.1, -0.05) is 36.4 Å². The third-order valence-corrected chi connectivity index (χ3v) is 6.12. The van der Waals surface area contributed by atoms with E-state index in [0.29, 0.717) is 17.7 Å². The number of benzene rings is 2. The number of nitrogens with zero attached hydrogens (tertiary/aromatic N) is 3. The van der Waals surface area contributed by atoms with Crippen molar-refractivity contribution in [1.29, 1.82) is 0 Å². The molecule has 1 atom stereocenters. The summed E-state index contributed by atoms with van der Waals surface area (Å²) in [4.78, 5) is 46.7. The number of amides is 3. The van der Waals surface area contributed by atoms with Crippen molar-refractivity contribution in [2.45, 2.75) is 39.7 Å². The molecule has 1 aliphatic heterocycles. The molecule has 0 saturated heterocycles. The van der Waals surface area contributed by atoms with Crippen molar-refractivity contribution < 1.29 is 14.4 Å². The minimum Gasteiger partial charge on any atom is -0.310 e. The highest BCUT2D eigenvalue weighted by molar-refractivity contribution is 6.23. The number of halogens is 1. The van der Waals surface area contributed by atoms with Crippen LogP contribution in [0.4, 0.5) is 5.69 Å². The van der Waals surface area contributed by atoms with Crippen LogP contribution in [0.25, 0.3) is 0 Å². The van der Waals surface area contributed by atoms with Gasteiger partial charge in [0.2, 0.25) is 5.91 Å². The Labute approximate surface area is 206 Å². The molecule has 0 spiro atoms. The van der Waals surface area contributed by atoms with E-state index < -0.39 is 17.9 Å². The Balaban J connectivity index is 0.00000324. The van der Waals surface area contributed by atoms with Gasteiger partial charge in [-0.3, -0.25) is 24.3 Å². The van der Waals surface area contributed by atoms with Gasteiger partial charge in [0.1, 0.15) is 6.04 Å². The van der Waals surface area contributed by atoms with Gasteiger partial charge in [-0.25, -0.2) is 0 Å². The predicted octanol–water partition coefficient (Wildman–Crippen LogP) is 4.77. The SMILES string of the molecule is Cc1cccc(C)c1N(CCCc1cccnc1)C(=O)C(C)N1C(=O)c2ccccc2C1=O.Cl. The van der Waals surface area contributed by atoms with E-state index in [9.17, 15) is 14.4 Å². The lowest BCUT2D eigenvalue weighted by atomic mass is 10.1. The first kappa shape index (κ1) is 25.1. The number of pyridine rings is 1. The zero-order chi connectivity index (χ0) is 23.5. The molecule has 1 aromatic heterocycles. The van der Waals surface area contributed by atoms with Gasteiger partial charge in [0.15, 0.2) is 0 Å². The topological polar surface area (TPSA) is 70.6 Å². The summed E-state index contributed by atoms with van der Waals surface area (Å²) in [6.45, 7) is 6.03. The average Bonchev–Trinajstić information content (AvgIpc) is 3.08. The summed E-state index contributed by atoms with van der Waals surface area (Å²) in [7, 11) is 0. The van der Waals surface area contributed by atoms with Gasteiger partial charge < -0.3 is 4.90 Å². The van der Waals surface area contributed by atoms with Crippen molar-refractivity contribution in [1.82, 2.24) is 9.88 Å². The number of aromatic nitrogens is 1. The molecule has 0 bridgehead atoms. The number of carbonyl (C=O) groups is 3. The maximum Gasteiger partial charge on any atom is 0.262 e. The molecule has 176 valence electrons. The highest BCUT2D eigenvalue weighted by Crippen LogP contribution is 2.29. The normalized spacial score (nSPS) is 13.3. The Morgan fingerprint density at radius 3 is 2.12 bits per heavy atom. The number of aryl methyl sites for hydroxylation is 3. The van der Waals surface area contributed by atoms with Gasteiger partial charge in [0, 0.05) is 24.6 Å². The second-order valence-electron chi connectivity index (χ2n) is 8.40. The van der Waals surface area contributed by atoms with Crippen LogP contribution < -0.4 is 4.90 Å². The van der Waals surface area contributed by atoms with Crippen molar-refractivity contribution in [3.8, 4) is 0 Å². The molecule has 3 amide bonds. The van der Waals surface area contributed by atoms with E-state index in [4.69, 9.17) is 0 Å². The number of hydrogen-bond acceptors (Lipinski definition) is 4. The summed E-state index contributed by atoms with van der Waals surface area (Å²) in [5.41, 5.74) is 4.56. The minimum atomic E-state index is -0.921. The molecule has 0 aliphatic carbocycles. The van der Waals surface area contributed by atoms with E-state index in [1.807, 2.05) is 50.4 Å². The minimum absolute atomic E-state index is 0. The molecule has 0 fully saturated rings. The standard InChI is InChI=1S/C27H27N3O3.ClH/c1-18-9-6-10-19(2)24(18)29(16-8-12-21-11-7-15-28-17-21)25(31)20(3)30-26(32)22-13-4-5-14-23(22)27(30)33;/h4-7,9-11,13-15,17,20H,8,12,16H2,1-3H3;1H. The summed E-state index contributed by atoms with van der Waals surface area (Å²) in [6.07, 6.45) is 5.05. The van der Waals surface area contributed by atoms with Gasteiger partial charge in [-0.05, 0) is 68.5 Å². The molecular formula is C27H28ClN3O3. The van der Waals surface area contributed by atoms with Crippen LogP contribution in [0.5, 0.6) is 0 Å². The highest BCUT2D eigenvalue weighted by atomic mass is 35.5. The van der Waals surface area contributed by atoms with Gasteiger partial charge in [-0.2, -0.15) is 0 Å². The van der Waals surface area contributed by atoms with Crippen LogP contribution >= 0.6 is 12.4 Å². The summed E-state index contributed by atoms with van der Waals surface area (Å²) < 4.78 is 0. The van der Waals surface area contributed by atoms with E-state index in [1.54, 1.807) is 42.3 Å². The largest absolute Gasteiger partial charge is 0.310 e. The van der Waals surface area contributed by atoms with Crippen molar-refractivity contribution in [3.05, 3.63) is 94.8 Å². The Hall–Kier alpha value is -3.51. The molecule has 4 rings (SSSR count). The fraction of sp³-hybridized carbons (Fsp3) is 0.259. The van der Waals surface area contributed by atoms with Gasteiger partial charge >= 0.3 is 0 Å². The van der Waals surface area contributed by atoms with Gasteiger partial charge in [0.25, 0.3) is 11.8 Å². The van der Waals surface area contributed by atoms with Gasteiger partial charge in [0.05, 0.1) is 11.1 Å². The Bertz CT molecular complexity index is 1160. The van der Waals surface area contributed by atoms with E-state index in [1.165, 1.54) is 0 Å². The summed E-state index contributed by atoms with van der Waals surface area (Å²) >= 11 is 0. The first-order chi connectivity index (χ1) is 15.9. The van der Waals surface area contributed by atoms with Crippen LogP contribution in [0.15, 0.2) is 67.0 Å². The smallest absolute Gasteiger partial charge is 0.262 e. The molecule has 0 saturated carbocycles. The zero-order valence-electron chi connectivity index (χ0n) is 19.5. The maximum atomic E-state index is 13.8. The molecule has 0 N–H and O–H groups in total. The summed E-state index contributed by atoms with van der Waals surface area (Å²) in [5, 5.41) is 0. The summed E-state index contributed by atoms with van der Waals surface area (Å²) in [5.74, 6) is -1.12. The molecule has 3 aromatic rings. The molecular weight excluding hydrogens is 450 g/mol. The number of anilines is 1. The third kappa shape index (κ3) is 4.73. The highest BCUT2D eigenvalue weighted by Gasteiger charge is 2.42. The van der Waals surface area contributed by atoms with Crippen LogP contribution in [0.1, 0.15) is 50.8 Å². The molecule has 0 radical (unpaired) electrons. The number of para-hydroxylation sites is 1. The van der Waals surface area contributed by atoms with Crippen molar-refractivity contribution in [2.24, 2.45) is 0 Å². The molecule has 2 aromatic carbocycles. The Morgan fingerprint density at radius 1 is 0.941 bits per heavy atom. The van der Waals surface area contributed by atoms with Crippen LogP contribution in [-0.4, -0.2) is 40.2 Å². The summed E-state index contributed by atoms with van der Waals surface area (Å²) in [6, 6.07) is 15.6. The molecule has 2 heterocycles. The second-order valence-corrected chi connectivity index (χ2v) is 8.40. The molecule has 34 heavy (non-hydrogen) atoms. The quantitative estimate of drug-likeness (QED) is 0.459. The monoisotopic (exact) mass is 477 g/mol. The molecule has 7 heteroatoms. The van der Waals surface area contributed by atoms with Crippen LogP contribution in [-0.2, 0) is 11.2 Å². The first-order valence-electron chi connectivity index (χ1n) is 11.1. The maximum absolute atomic E-state index is 13.8. The zero-order valence-corrected chi connectivity index (χ0v) is 20.3. The fourth-order valence-electron chi connectivity index (χ4n) is 4.45. The van der Waals surface area contributed by atoms with E-state index in [-0.39, 0.29) is 18.3 Å². The van der Waals surface area contributed by atoms with Crippen LogP contribution in [0.2, 0.25) is 0 Å². The van der Waals surface area contributed by atoms with Crippen molar-refractivity contribution in [2.75, 3.05) is 11.4 Å². The number of rotatable bonds is 7. The molecule has 6 nitrogen and oxygen atoms in total. The van der Waals surface area contributed by atoms with E-state index in [0.717, 1.165) is 40.1 Å². The number of imide groups is 1. The Morgan fingerprint density at radius 2 is 1.56 bits per heavy atom. The number of hydrogen-bond donors (Lipinski definition) is 0. The van der Waals surface area contributed by atoms with Crippen LogP contribution in [0, 0.1) is 13.8 Å². The second kappa shape index (κ2) is 10.6. The van der Waals surface area contributed by atoms with Crippen molar-refractivity contribution in [3.63, 3.8) is 0 Å². The third-order valence-electron chi connectivity index (χ3n) is 6.12. The van der Waals surface area contributed by atoms with Crippen molar-refractivity contribution >= 4 is 35.8 Å². The average molecular weight is 478 g/mol. The van der Waals surface area contributed by atoms with Crippen LogP contribution in [0.3, 0.4) is 0 Å². The fourth-order valence-corrected chi connectivity index (χ4v) is 4.45. The lowest BCUT2D eigenvalue weighted by molar-refractivity contribution is -0.122. The predicted molar refractivity (Wildman–Crippen MR) is 134 cm³/mol. The Kier molecular flexibility index (Phi) is 7.84. The molecule has 1 unspecified atom stereocenters. The van der Waals surface area contributed by atoms with E-state index >= 15 is 0 Å².